The van der Waals surface area contributed by atoms with Gasteiger partial charge in [0, 0.05) is 13.1 Å². The number of nitrogens with one attached hydrogen (secondary N) is 1. The summed E-state index contributed by atoms with van der Waals surface area (Å²) in [5.74, 6) is 0.497. The number of hydrogen-bond donors (Lipinski definition) is 1. The maximum absolute atomic E-state index is 11.2. The lowest BCUT2D eigenvalue weighted by molar-refractivity contribution is 1.05. The molecule has 0 saturated heterocycles. The predicted octanol–water partition coefficient (Wildman–Crippen LogP) is 1.41. The van der Waals surface area contributed by atoms with Crippen LogP contribution in [-0.4, -0.2) is 17.0 Å². The minimum Gasteiger partial charge on any atom is -0.328 e. The molecule has 0 aliphatic rings. The smallest absolute Gasteiger partial charge is 0.252 e. The molecule has 2 rings (SSSR count). The van der Waals surface area contributed by atoms with Crippen molar-refractivity contribution in [3.63, 3.8) is 0 Å². The zero-order chi connectivity index (χ0) is 12.3. The lowest BCUT2D eigenvalue weighted by Gasteiger charge is -2.18. The topological polar surface area (TPSA) is 72.8 Å². The molecule has 0 saturated carbocycles. The van der Waals surface area contributed by atoms with Crippen molar-refractivity contribution >= 4 is 11.5 Å². The summed E-state index contributed by atoms with van der Waals surface area (Å²) in [6, 6.07) is 10.6. The van der Waals surface area contributed by atoms with Crippen molar-refractivity contribution in [3.8, 4) is 6.07 Å². The van der Waals surface area contributed by atoms with Crippen molar-refractivity contribution in [2.75, 3.05) is 11.9 Å². The Morgan fingerprint density at radius 1 is 1.41 bits per heavy atom. The Labute approximate surface area is 98.0 Å². The molecule has 5 nitrogen and oxygen atoms in total. The van der Waals surface area contributed by atoms with Gasteiger partial charge in [0.15, 0.2) is 0 Å². The van der Waals surface area contributed by atoms with Gasteiger partial charge in [-0.15, -0.1) is 0 Å². The molecule has 0 unspecified atom stereocenters. The van der Waals surface area contributed by atoms with Gasteiger partial charge in [0.05, 0.1) is 17.6 Å². The zero-order valence-electron chi connectivity index (χ0n) is 9.21. The molecule has 17 heavy (non-hydrogen) atoms. The molecule has 0 spiro atoms. The summed E-state index contributed by atoms with van der Waals surface area (Å²) in [6.07, 6.45) is 1.34. The highest BCUT2D eigenvalue weighted by Crippen LogP contribution is 2.23. The molecular weight excluding hydrogens is 216 g/mol. The number of rotatable bonds is 2. The first-order valence-electron chi connectivity index (χ1n) is 5.00. The van der Waals surface area contributed by atoms with E-state index in [1.54, 1.807) is 30.1 Å². The summed E-state index contributed by atoms with van der Waals surface area (Å²) in [6.45, 7) is 0. The van der Waals surface area contributed by atoms with Crippen LogP contribution < -0.4 is 10.5 Å². The largest absolute Gasteiger partial charge is 0.328 e. The van der Waals surface area contributed by atoms with E-state index >= 15 is 0 Å². The number of anilines is 2. The molecule has 1 aromatic carbocycles. The second-order valence-electron chi connectivity index (χ2n) is 3.46. The van der Waals surface area contributed by atoms with E-state index in [0.29, 0.717) is 17.1 Å². The second-order valence-corrected chi connectivity index (χ2v) is 3.46. The standard InChI is InChI=1S/C12H10N4O/c1-16(11-6-12(17)15-8-14-11)10-5-3-2-4-9(10)7-13/h2-6,8H,1H3,(H,14,15,17). The lowest BCUT2D eigenvalue weighted by atomic mass is 10.2. The maximum atomic E-state index is 11.2. The Morgan fingerprint density at radius 3 is 2.88 bits per heavy atom. The molecule has 84 valence electrons. The highest BCUT2D eigenvalue weighted by atomic mass is 16.1. The van der Waals surface area contributed by atoms with Crippen LogP contribution in [0, 0.1) is 11.3 Å². The van der Waals surface area contributed by atoms with E-state index in [0.717, 1.165) is 0 Å². The normalized spacial score (nSPS) is 9.65. The van der Waals surface area contributed by atoms with E-state index in [2.05, 4.69) is 16.0 Å². The Kier molecular flexibility index (Phi) is 2.88. The number of aromatic nitrogens is 2. The monoisotopic (exact) mass is 226 g/mol. The van der Waals surface area contributed by atoms with Crippen LogP contribution in [0.3, 0.4) is 0 Å². The molecule has 1 N–H and O–H groups in total. The van der Waals surface area contributed by atoms with E-state index in [4.69, 9.17) is 5.26 Å². The maximum Gasteiger partial charge on any atom is 0.252 e. The van der Waals surface area contributed by atoms with Gasteiger partial charge < -0.3 is 9.88 Å². The minimum absolute atomic E-state index is 0.226. The molecule has 5 heteroatoms. The van der Waals surface area contributed by atoms with Crippen LogP contribution >= 0.6 is 0 Å². The molecule has 1 heterocycles. The van der Waals surface area contributed by atoms with E-state index in [9.17, 15) is 4.79 Å². The van der Waals surface area contributed by atoms with Gasteiger partial charge in [-0.25, -0.2) is 4.98 Å². The third-order valence-corrected chi connectivity index (χ3v) is 2.39. The number of benzene rings is 1. The molecule has 0 aliphatic carbocycles. The van der Waals surface area contributed by atoms with Crippen molar-refractivity contribution in [1.82, 2.24) is 9.97 Å². The van der Waals surface area contributed by atoms with Gasteiger partial charge in [0.25, 0.3) is 5.56 Å². The predicted molar refractivity (Wildman–Crippen MR) is 64.1 cm³/mol. The summed E-state index contributed by atoms with van der Waals surface area (Å²) in [5, 5.41) is 9.00. The number of nitriles is 1. The molecule has 0 aliphatic heterocycles. The van der Waals surface area contributed by atoms with Gasteiger partial charge in [-0.3, -0.25) is 4.79 Å². The Morgan fingerprint density at radius 2 is 2.18 bits per heavy atom. The molecular formula is C12H10N4O. The lowest BCUT2D eigenvalue weighted by Crippen LogP contribution is -2.16. The van der Waals surface area contributed by atoms with Crippen LogP contribution in [0.25, 0.3) is 0 Å². The molecule has 0 amide bonds. The van der Waals surface area contributed by atoms with Gasteiger partial charge in [0.1, 0.15) is 11.9 Å². The number of hydrogen-bond acceptors (Lipinski definition) is 4. The summed E-state index contributed by atoms with van der Waals surface area (Å²) >= 11 is 0. The third-order valence-electron chi connectivity index (χ3n) is 2.39. The number of aromatic amines is 1. The van der Waals surface area contributed by atoms with Crippen LogP contribution in [0.5, 0.6) is 0 Å². The van der Waals surface area contributed by atoms with Crippen molar-refractivity contribution in [3.05, 3.63) is 52.6 Å². The quantitative estimate of drug-likeness (QED) is 0.840. The molecule has 0 bridgehead atoms. The number of H-pyrrole nitrogens is 1. The SMILES string of the molecule is CN(c1cc(=O)[nH]cn1)c1ccccc1C#N. The van der Waals surface area contributed by atoms with E-state index in [1.165, 1.54) is 12.4 Å². The molecule has 2 aromatic rings. The van der Waals surface area contributed by atoms with E-state index in [-0.39, 0.29) is 5.56 Å². The fourth-order valence-electron chi connectivity index (χ4n) is 1.53. The third kappa shape index (κ3) is 2.16. The Bertz CT molecular complexity index is 627. The fraction of sp³-hybridized carbons (Fsp3) is 0.0833. The van der Waals surface area contributed by atoms with E-state index < -0.39 is 0 Å². The average molecular weight is 226 g/mol. The van der Waals surface area contributed by atoms with Crippen LogP contribution in [0.1, 0.15) is 5.56 Å². The summed E-state index contributed by atoms with van der Waals surface area (Å²) < 4.78 is 0. The summed E-state index contributed by atoms with van der Waals surface area (Å²) in [5.41, 5.74) is 1.03. The molecule has 1 aromatic heterocycles. The summed E-state index contributed by atoms with van der Waals surface area (Å²) in [7, 11) is 1.76. The average Bonchev–Trinajstić information content (AvgIpc) is 2.38. The summed E-state index contributed by atoms with van der Waals surface area (Å²) in [4.78, 5) is 19.4. The van der Waals surface area contributed by atoms with Gasteiger partial charge in [0.2, 0.25) is 0 Å². The van der Waals surface area contributed by atoms with Crippen molar-refractivity contribution < 1.29 is 0 Å². The number of para-hydroxylation sites is 1. The fourth-order valence-corrected chi connectivity index (χ4v) is 1.53. The van der Waals surface area contributed by atoms with Crippen LogP contribution in [0.15, 0.2) is 41.5 Å². The van der Waals surface area contributed by atoms with Crippen molar-refractivity contribution in [2.24, 2.45) is 0 Å². The minimum atomic E-state index is -0.226. The number of nitrogens with zero attached hydrogens (tertiary/aromatic N) is 3. The van der Waals surface area contributed by atoms with Crippen LogP contribution in [0.4, 0.5) is 11.5 Å². The molecule has 0 radical (unpaired) electrons. The highest BCUT2D eigenvalue weighted by molar-refractivity contribution is 5.66. The van der Waals surface area contributed by atoms with Crippen molar-refractivity contribution in [2.45, 2.75) is 0 Å². The second kappa shape index (κ2) is 4.49. The van der Waals surface area contributed by atoms with Crippen LogP contribution in [0.2, 0.25) is 0 Å². The molecule has 0 atom stereocenters. The Balaban J connectivity index is 2.48. The van der Waals surface area contributed by atoms with Gasteiger partial charge >= 0.3 is 0 Å². The van der Waals surface area contributed by atoms with Crippen LogP contribution in [-0.2, 0) is 0 Å². The first-order valence-corrected chi connectivity index (χ1v) is 5.00. The van der Waals surface area contributed by atoms with Gasteiger partial charge in [-0.05, 0) is 12.1 Å². The first kappa shape index (κ1) is 10.9. The van der Waals surface area contributed by atoms with Gasteiger partial charge in [-0.2, -0.15) is 5.26 Å². The van der Waals surface area contributed by atoms with Gasteiger partial charge in [-0.1, -0.05) is 12.1 Å². The first-order chi connectivity index (χ1) is 8.22. The highest BCUT2D eigenvalue weighted by Gasteiger charge is 2.09. The van der Waals surface area contributed by atoms with E-state index in [1.807, 2.05) is 6.07 Å². The van der Waals surface area contributed by atoms with Crippen molar-refractivity contribution in [1.29, 1.82) is 5.26 Å². The zero-order valence-corrected chi connectivity index (χ0v) is 9.21. The molecule has 0 fully saturated rings. The Hall–Kier alpha value is -2.61.